The van der Waals surface area contributed by atoms with Gasteiger partial charge < -0.3 is 15.1 Å². The van der Waals surface area contributed by atoms with E-state index < -0.39 is 0 Å². The Hall–Kier alpha value is -0.580. The van der Waals surface area contributed by atoms with Crippen molar-refractivity contribution >= 4 is 18.3 Å². The minimum absolute atomic E-state index is 0. The average molecular weight is 240 g/mol. The first-order valence-corrected chi connectivity index (χ1v) is 4.33. The molecule has 0 aliphatic carbocycles. The van der Waals surface area contributed by atoms with Crippen molar-refractivity contribution in [2.75, 3.05) is 49.3 Å². The van der Waals surface area contributed by atoms with E-state index in [1.54, 1.807) is 7.05 Å². The van der Waals surface area contributed by atoms with Gasteiger partial charge in [-0.2, -0.15) is 0 Å². The second kappa shape index (κ2) is 19.1. The fourth-order valence-electron chi connectivity index (χ4n) is 0.102. The molecule has 5 heteroatoms. The van der Waals surface area contributed by atoms with Crippen molar-refractivity contribution < 1.29 is 4.79 Å². The molecule has 0 bridgehead atoms. The van der Waals surface area contributed by atoms with Crippen LogP contribution in [0.4, 0.5) is 0 Å². The van der Waals surface area contributed by atoms with Gasteiger partial charge in [-0.25, -0.2) is 0 Å². The van der Waals surface area contributed by atoms with Crippen molar-refractivity contribution in [1.82, 2.24) is 15.1 Å². The summed E-state index contributed by atoms with van der Waals surface area (Å²) in [5.41, 5.74) is 0. The number of amides is 1. The molecule has 0 aliphatic heterocycles. The highest BCUT2D eigenvalue weighted by Gasteiger charge is 1.78. The van der Waals surface area contributed by atoms with Crippen molar-refractivity contribution in [3.8, 4) is 0 Å². The molecule has 0 aromatic heterocycles. The van der Waals surface area contributed by atoms with Crippen molar-refractivity contribution in [2.45, 2.75) is 0 Å². The maximum Gasteiger partial charge on any atom is 0.243 e. The van der Waals surface area contributed by atoms with Gasteiger partial charge in [-0.05, 0) is 48.4 Å². The molecule has 0 saturated carbocycles. The highest BCUT2D eigenvalue weighted by Crippen LogP contribution is 1.56. The normalized spacial score (nSPS) is 7.53. The third-order valence-corrected chi connectivity index (χ3v) is 0.432. The molecule has 0 heterocycles. The maximum atomic E-state index is 9.95. The zero-order valence-corrected chi connectivity index (χ0v) is 11.8. The molecule has 0 rings (SSSR count). The Bertz CT molecular complexity index is 127. The van der Waals surface area contributed by atoms with Crippen LogP contribution in [0.3, 0.4) is 0 Å². The Labute approximate surface area is 101 Å². The molecule has 94 valence electrons. The van der Waals surface area contributed by atoms with E-state index >= 15 is 0 Å². The largest absolute Gasteiger partial charge is 0.356 e. The molecule has 0 atom stereocenters. The minimum atomic E-state index is -0.144. The number of halogens is 1. The Morgan fingerprint density at radius 3 is 1.27 bits per heavy atom. The molecule has 0 aliphatic rings. The van der Waals surface area contributed by atoms with Crippen LogP contribution in [0.5, 0.6) is 0 Å². The third-order valence-electron chi connectivity index (χ3n) is 0.432. The van der Waals surface area contributed by atoms with E-state index in [2.05, 4.69) is 11.9 Å². The van der Waals surface area contributed by atoms with Crippen LogP contribution in [0.25, 0.3) is 0 Å². The van der Waals surface area contributed by atoms with Crippen LogP contribution in [0.1, 0.15) is 0 Å². The monoisotopic (exact) mass is 239 g/mol. The summed E-state index contributed by atoms with van der Waals surface area (Å²) in [4.78, 5) is 14.0. The molecule has 1 N–H and O–H groups in total. The Kier molecular flexibility index (Phi) is 30.4. The standard InChI is InChI=1S/C4H7NO.2C3H9N.ClH/c1-3-4(6)5-2;2*1-4(2)3;/h3H,1H2,2H3,(H,5,6);2*1-3H3;1H. The van der Waals surface area contributed by atoms with Gasteiger partial charge in [0.05, 0.1) is 0 Å². The zero-order valence-electron chi connectivity index (χ0n) is 11.0. The summed E-state index contributed by atoms with van der Waals surface area (Å²) in [7, 11) is 13.6. The average Bonchev–Trinajstić information content (AvgIpc) is 2.01. The first kappa shape index (κ1) is 23.9. The maximum absolute atomic E-state index is 9.95. The molecule has 0 radical (unpaired) electrons. The van der Waals surface area contributed by atoms with Crippen LogP contribution in [0, 0.1) is 0 Å². The molecule has 0 fully saturated rings. The number of carbonyl (C=O) groups excluding carboxylic acids is 1. The molecule has 0 aromatic rings. The minimum Gasteiger partial charge on any atom is -0.356 e. The zero-order chi connectivity index (χ0) is 12.1. The van der Waals surface area contributed by atoms with Crippen LogP contribution in [-0.2, 0) is 4.79 Å². The number of nitrogens with zero attached hydrogens (tertiary/aromatic N) is 2. The molecular formula is C10H26ClN3O. The SMILES string of the molecule is C=CC(=O)NC.CN(C)C.CN(C)C.Cl. The number of likely N-dealkylation sites (N-methyl/N-ethyl adjacent to an activating group) is 1. The molecule has 15 heavy (non-hydrogen) atoms. The van der Waals surface area contributed by atoms with Crippen molar-refractivity contribution in [1.29, 1.82) is 0 Å². The van der Waals surface area contributed by atoms with Crippen LogP contribution < -0.4 is 5.32 Å². The lowest BCUT2D eigenvalue weighted by atomic mass is 10.6. The lowest BCUT2D eigenvalue weighted by Crippen LogP contribution is -2.13. The first-order chi connectivity index (χ1) is 6.27. The van der Waals surface area contributed by atoms with Gasteiger partial charge in [-0.3, -0.25) is 4.79 Å². The van der Waals surface area contributed by atoms with E-state index in [0.29, 0.717) is 0 Å². The highest BCUT2D eigenvalue weighted by atomic mass is 35.5. The summed E-state index contributed by atoms with van der Waals surface area (Å²) in [6.07, 6.45) is 1.22. The van der Waals surface area contributed by atoms with Gasteiger partial charge in [0, 0.05) is 7.05 Å². The van der Waals surface area contributed by atoms with Gasteiger partial charge in [-0.1, -0.05) is 6.58 Å². The van der Waals surface area contributed by atoms with E-state index in [4.69, 9.17) is 0 Å². The van der Waals surface area contributed by atoms with E-state index in [-0.39, 0.29) is 18.3 Å². The first-order valence-electron chi connectivity index (χ1n) is 4.33. The number of carbonyl (C=O) groups is 1. The molecule has 0 spiro atoms. The fraction of sp³-hybridized carbons (Fsp3) is 0.700. The van der Waals surface area contributed by atoms with Gasteiger partial charge >= 0.3 is 0 Å². The molecular weight excluding hydrogens is 214 g/mol. The Balaban J connectivity index is -0.0000000606. The van der Waals surface area contributed by atoms with Gasteiger partial charge in [-0.15, -0.1) is 12.4 Å². The summed E-state index contributed by atoms with van der Waals surface area (Å²) in [6.45, 7) is 3.22. The molecule has 4 nitrogen and oxygen atoms in total. The topological polar surface area (TPSA) is 35.6 Å². The van der Waals surface area contributed by atoms with E-state index in [9.17, 15) is 4.79 Å². The second-order valence-electron chi connectivity index (χ2n) is 3.50. The molecule has 0 aromatic carbocycles. The lowest BCUT2D eigenvalue weighted by molar-refractivity contribution is -0.116. The van der Waals surface area contributed by atoms with E-state index in [1.807, 2.05) is 52.1 Å². The van der Waals surface area contributed by atoms with Crippen LogP contribution in [0.2, 0.25) is 0 Å². The number of hydrogen-bond donors (Lipinski definition) is 1. The number of rotatable bonds is 1. The predicted octanol–water partition coefficient (Wildman–Crippen LogP) is 0.696. The highest BCUT2D eigenvalue weighted by molar-refractivity contribution is 5.86. The van der Waals surface area contributed by atoms with Gasteiger partial charge in [0.25, 0.3) is 0 Å². The summed E-state index contributed by atoms with van der Waals surface area (Å²) in [6, 6.07) is 0. The van der Waals surface area contributed by atoms with E-state index in [0.717, 1.165) is 0 Å². The van der Waals surface area contributed by atoms with Gasteiger partial charge in [0.15, 0.2) is 0 Å². The number of nitrogens with one attached hydrogen (secondary N) is 1. The molecule has 0 unspecified atom stereocenters. The second-order valence-corrected chi connectivity index (χ2v) is 3.50. The van der Waals surface area contributed by atoms with E-state index in [1.165, 1.54) is 6.08 Å². The lowest BCUT2D eigenvalue weighted by Gasteiger charge is -1.90. The summed E-state index contributed by atoms with van der Waals surface area (Å²) < 4.78 is 0. The predicted molar refractivity (Wildman–Crippen MR) is 70.7 cm³/mol. The Morgan fingerprint density at radius 2 is 1.27 bits per heavy atom. The quantitative estimate of drug-likeness (QED) is 0.685. The van der Waals surface area contributed by atoms with Crippen LogP contribution in [0.15, 0.2) is 12.7 Å². The van der Waals surface area contributed by atoms with Crippen LogP contribution in [-0.4, -0.2) is 65.0 Å². The molecule has 0 saturated heterocycles. The summed E-state index contributed by atoms with van der Waals surface area (Å²) in [5.74, 6) is -0.144. The van der Waals surface area contributed by atoms with Crippen molar-refractivity contribution in [3.63, 3.8) is 0 Å². The summed E-state index contributed by atoms with van der Waals surface area (Å²) in [5, 5.41) is 2.36. The van der Waals surface area contributed by atoms with Crippen molar-refractivity contribution in [3.05, 3.63) is 12.7 Å². The Morgan fingerprint density at radius 1 is 1.07 bits per heavy atom. The summed E-state index contributed by atoms with van der Waals surface area (Å²) >= 11 is 0. The van der Waals surface area contributed by atoms with Gasteiger partial charge in [0.2, 0.25) is 5.91 Å². The number of hydrogen-bond acceptors (Lipinski definition) is 3. The van der Waals surface area contributed by atoms with Crippen LogP contribution >= 0.6 is 12.4 Å². The van der Waals surface area contributed by atoms with Crippen molar-refractivity contribution in [2.24, 2.45) is 0 Å². The third kappa shape index (κ3) is 150. The fourth-order valence-corrected chi connectivity index (χ4v) is 0.102. The van der Waals surface area contributed by atoms with Gasteiger partial charge in [0.1, 0.15) is 0 Å². The smallest absolute Gasteiger partial charge is 0.243 e. The molecule has 1 amide bonds.